The lowest BCUT2D eigenvalue weighted by molar-refractivity contribution is -0.139. The van der Waals surface area contributed by atoms with Crippen LogP contribution in [0.4, 0.5) is 5.69 Å². The maximum atomic E-state index is 11.6. The molecule has 2 rings (SSSR count). The van der Waals surface area contributed by atoms with E-state index >= 15 is 0 Å². The second-order valence-corrected chi connectivity index (χ2v) is 3.64. The molecule has 0 aromatic heterocycles. The van der Waals surface area contributed by atoms with Gasteiger partial charge in [-0.25, -0.2) is 0 Å². The molecule has 1 aromatic rings. The highest BCUT2D eigenvalue weighted by Crippen LogP contribution is 2.15. The average Bonchev–Trinajstić information content (AvgIpc) is 2.19. The molecule has 1 aromatic carbocycles. The van der Waals surface area contributed by atoms with Crippen LogP contribution in [0, 0.1) is 5.92 Å². The highest BCUT2D eigenvalue weighted by Gasteiger charge is 2.34. The zero-order valence-corrected chi connectivity index (χ0v) is 8.19. The van der Waals surface area contributed by atoms with Gasteiger partial charge < -0.3 is 11.1 Å². The summed E-state index contributed by atoms with van der Waals surface area (Å²) < 4.78 is 0. The monoisotopic (exact) mass is 204 g/mol. The largest absolute Gasteiger partial charge is 0.398 e. The Morgan fingerprint density at radius 3 is 2.73 bits per heavy atom. The summed E-state index contributed by atoms with van der Waals surface area (Å²) in [4.78, 5) is 22.6. The van der Waals surface area contributed by atoms with Crippen molar-refractivity contribution >= 4 is 17.4 Å². The van der Waals surface area contributed by atoms with Crippen LogP contribution in [0.15, 0.2) is 24.3 Å². The summed E-state index contributed by atoms with van der Waals surface area (Å²) in [5.74, 6) is -0.698. The molecule has 4 heteroatoms. The molecule has 1 atom stereocenters. The third-order valence-electron chi connectivity index (χ3n) is 2.61. The number of rotatable bonds is 3. The van der Waals surface area contributed by atoms with E-state index in [9.17, 15) is 9.59 Å². The number of nitrogens with two attached hydrogens (primary N) is 1. The fraction of sp³-hybridized carbons (Fsp3) is 0.273. The number of hydrogen-bond donors (Lipinski definition) is 2. The minimum atomic E-state index is -0.468. The molecule has 15 heavy (non-hydrogen) atoms. The van der Waals surface area contributed by atoms with Gasteiger partial charge in [0.15, 0.2) is 5.78 Å². The number of ketones is 1. The van der Waals surface area contributed by atoms with Gasteiger partial charge in [-0.1, -0.05) is 18.2 Å². The van der Waals surface area contributed by atoms with Gasteiger partial charge in [0.05, 0.1) is 0 Å². The summed E-state index contributed by atoms with van der Waals surface area (Å²) in [7, 11) is 0. The minimum Gasteiger partial charge on any atom is -0.398 e. The van der Waals surface area contributed by atoms with Crippen LogP contribution in [0.25, 0.3) is 0 Å². The van der Waals surface area contributed by atoms with Crippen molar-refractivity contribution in [3.8, 4) is 0 Å². The van der Waals surface area contributed by atoms with Crippen molar-refractivity contribution in [2.45, 2.75) is 6.42 Å². The molecule has 4 nitrogen and oxygen atoms in total. The molecule has 3 N–H and O–H groups in total. The van der Waals surface area contributed by atoms with E-state index in [-0.39, 0.29) is 18.1 Å². The summed E-state index contributed by atoms with van der Waals surface area (Å²) in [5, 5.41) is 2.55. The van der Waals surface area contributed by atoms with Crippen molar-refractivity contribution in [1.82, 2.24) is 5.32 Å². The molecule has 1 amide bonds. The van der Waals surface area contributed by atoms with Crippen LogP contribution in [0.1, 0.15) is 5.56 Å². The van der Waals surface area contributed by atoms with Gasteiger partial charge in [-0.05, 0) is 11.6 Å². The molecular weight excluding hydrogens is 192 g/mol. The Morgan fingerprint density at radius 1 is 1.47 bits per heavy atom. The maximum Gasteiger partial charge on any atom is 0.232 e. The first-order valence-electron chi connectivity index (χ1n) is 4.82. The molecule has 1 heterocycles. The van der Waals surface area contributed by atoms with Crippen molar-refractivity contribution in [3.63, 3.8) is 0 Å². The first kappa shape index (κ1) is 9.71. The number of anilines is 1. The van der Waals surface area contributed by atoms with Gasteiger partial charge in [-0.15, -0.1) is 0 Å². The molecule has 0 aliphatic carbocycles. The predicted molar refractivity (Wildman–Crippen MR) is 56.1 cm³/mol. The van der Waals surface area contributed by atoms with E-state index < -0.39 is 5.92 Å². The van der Waals surface area contributed by atoms with Gasteiger partial charge in [0.1, 0.15) is 5.92 Å². The molecule has 0 bridgehead atoms. The fourth-order valence-electron chi connectivity index (χ4n) is 1.55. The number of benzene rings is 1. The molecule has 1 unspecified atom stereocenters. The lowest BCUT2D eigenvalue weighted by atomic mass is 9.92. The SMILES string of the molecule is Nc1ccccc1CC(=O)C1CNC1=O. The molecule has 0 spiro atoms. The molecule has 1 aliphatic rings. The summed E-state index contributed by atoms with van der Waals surface area (Å²) >= 11 is 0. The van der Waals surface area contributed by atoms with Crippen molar-refractivity contribution in [2.75, 3.05) is 12.3 Å². The first-order chi connectivity index (χ1) is 7.18. The molecule has 0 saturated carbocycles. The standard InChI is InChI=1S/C11H12N2O2/c12-9-4-2-1-3-7(9)5-10(14)8-6-13-11(8)15/h1-4,8H,5-6,12H2,(H,13,15). The third kappa shape index (κ3) is 1.83. The van der Waals surface area contributed by atoms with E-state index in [1.807, 2.05) is 18.2 Å². The summed E-state index contributed by atoms with van der Waals surface area (Å²) in [6.07, 6.45) is 0.241. The number of nitrogen functional groups attached to an aromatic ring is 1. The lowest BCUT2D eigenvalue weighted by Crippen LogP contribution is -2.52. The van der Waals surface area contributed by atoms with Gasteiger partial charge >= 0.3 is 0 Å². The Kier molecular flexibility index (Phi) is 2.41. The third-order valence-corrected chi connectivity index (χ3v) is 2.61. The zero-order chi connectivity index (χ0) is 10.8. The average molecular weight is 204 g/mol. The molecule has 1 fully saturated rings. The van der Waals surface area contributed by atoms with Gasteiger partial charge in [0, 0.05) is 18.7 Å². The highest BCUT2D eigenvalue weighted by atomic mass is 16.2. The number of carbonyl (C=O) groups excluding carboxylic acids is 2. The Balaban J connectivity index is 2.06. The lowest BCUT2D eigenvalue weighted by Gasteiger charge is -2.24. The highest BCUT2D eigenvalue weighted by molar-refractivity contribution is 6.06. The van der Waals surface area contributed by atoms with Gasteiger partial charge in [-0.3, -0.25) is 9.59 Å². The molecule has 0 radical (unpaired) electrons. The number of amides is 1. The summed E-state index contributed by atoms with van der Waals surface area (Å²) in [5.41, 5.74) is 7.11. The van der Waals surface area contributed by atoms with Crippen LogP contribution in [-0.4, -0.2) is 18.2 Å². The summed E-state index contributed by atoms with van der Waals surface area (Å²) in [6.45, 7) is 0.463. The van der Waals surface area contributed by atoms with Crippen molar-refractivity contribution in [1.29, 1.82) is 0 Å². The summed E-state index contributed by atoms with van der Waals surface area (Å²) in [6, 6.07) is 7.21. The predicted octanol–water partition coefficient (Wildman–Crippen LogP) is 0.126. The van der Waals surface area contributed by atoms with E-state index in [0.29, 0.717) is 12.2 Å². The van der Waals surface area contributed by atoms with E-state index in [1.54, 1.807) is 6.07 Å². The molecule has 1 aliphatic heterocycles. The molecule has 78 valence electrons. The van der Waals surface area contributed by atoms with E-state index in [2.05, 4.69) is 5.32 Å². The van der Waals surface area contributed by atoms with Crippen LogP contribution in [0.2, 0.25) is 0 Å². The normalized spacial score (nSPS) is 19.2. The second kappa shape index (κ2) is 3.73. The quantitative estimate of drug-likeness (QED) is 0.417. The van der Waals surface area contributed by atoms with Crippen molar-refractivity contribution in [2.24, 2.45) is 5.92 Å². The van der Waals surface area contributed by atoms with Crippen LogP contribution in [-0.2, 0) is 16.0 Å². The Labute approximate surface area is 87.5 Å². The zero-order valence-electron chi connectivity index (χ0n) is 8.19. The number of nitrogens with one attached hydrogen (secondary N) is 1. The van der Waals surface area contributed by atoms with Gasteiger partial charge in [0.25, 0.3) is 0 Å². The number of hydrogen-bond acceptors (Lipinski definition) is 3. The molecular formula is C11H12N2O2. The van der Waals surface area contributed by atoms with Gasteiger partial charge in [-0.2, -0.15) is 0 Å². The van der Waals surface area contributed by atoms with E-state index in [0.717, 1.165) is 5.56 Å². The number of Topliss-reactive ketones (excluding diaryl/α,β-unsaturated/α-hetero) is 1. The Morgan fingerprint density at radius 2 is 2.20 bits per heavy atom. The number of para-hydroxylation sites is 1. The fourth-order valence-corrected chi connectivity index (χ4v) is 1.55. The molecule has 1 saturated heterocycles. The number of carbonyl (C=O) groups is 2. The van der Waals surface area contributed by atoms with Crippen LogP contribution < -0.4 is 11.1 Å². The smallest absolute Gasteiger partial charge is 0.232 e. The van der Waals surface area contributed by atoms with Crippen LogP contribution in [0.3, 0.4) is 0 Å². The topological polar surface area (TPSA) is 72.2 Å². The number of β-lactam (4-membered cyclic amide) rings is 1. The first-order valence-corrected chi connectivity index (χ1v) is 4.82. The second-order valence-electron chi connectivity index (χ2n) is 3.64. The van der Waals surface area contributed by atoms with Crippen LogP contribution >= 0.6 is 0 Å². The maximum absolute atomic E-state index is 11.6. The van der Waals surface area contributed by atoms with E-state index in [4.69, 9.17) is 5.73 Å². The van der Waals surface area contributed by atoms with Crippen molar-refractivity contribution in [3.05, 3.63) is 29.8 Å². The van der Waals surface area contributed by atoms with Gasteiger partial charge in [0.2, 0.25) is 5.91 Å². The Hall–Kier alpha value is -1.84. The van der Waals surface area contributed by atoms with Crippen LogP contribution in [0.5, 0.6) is 0 Å². The van der Waals surface area contributed by atoms with E-state index in [1.165, 1.54) is 0 Å². The minimum absolute atomic E-state index is 0.0587. The Bertz CT molecular complexity index is 415. The van der Waals surface area contributed by atoms with Crippen molar-refractivity contribution < 1.29 is 9.59 Å².